The van der Waals surface area contributed by atoms with E-state index in [1.807, 2.05) is 25.1 Å². The fourth-order valence-electron chi connectivity index (χ4n) is 1.50. The molecule has 1 aromatic rings. The molecule has 1 nitrogen and oxygen atoms in total. The normalized spacial score (nSPS) is 10.4. The van der Waals surface area contributed by atoms with Gasteiger partial charge in [-0.25, -0.2) is 0 Å². The molecule has 0 atom stereocenters. The number of alkyl halides is 2. The highest BCUT2D eigenvalue weighted by Gasteiger charge is 2.09. The van der Waals surface area contributed by atoms with E-state index < -0.39 is 0 Å². The van der Waals surface area contributed by atoms with Gasteiger partial charge in [-0.2, -0.15) is 0 Å². The van der Waals surface area contributed by atoms with E-state index in [4.69, 9.17) is 34.8 Å². The Labute approximate surface area is 106 Å². The zero-order valence-electron chi connectivity index (χ0n) is 8.64. The van der Waals surface area contributed by atoms with E-state index in [1.54, 1.807) is 0 Å². The van der Waals surface area contributed by atoms with E-state index in [1.165, 1.54) is 0 Å². The number of anilines is 1. The molecule has 4 heteroatoms. The van der Waals surface area contributed by atoms with Gasteiger partial charge in [-0.3, -0.25) is 0 Å². The third-order valence-electron chi connectivity index (χ3n) is 2.29. The van der Waals surface area contributed by atoms with Crippen LogP contribution in [0.5, 0.6) is 0 Å². The second-order valence-corrected chi connectivity index (χ2v) is 4.41. The van der Waals surface area contributed by atoms with Crippen molar-refractivity contribution in [3.8, 4) is 0 Å². The minimum absolute atomic E-state index is 0.586. The van der Waals surface area contributed by atoms with Crippen molar-refractivity contribution in [3.63, 3.8) is 0 Å². The molecular formula is C11H14Cl3N. The SMILES string of the molecule is Cc1c(Cl)cccc1N(CCCl)CCCl. The van der Waals surface area contributed by atoms with Crippen LogP contribution in [0.15, 0.2) is 18.2 Å². The number of rotatable bonds is 5. The maximum atomic E-state index is 6.07. The monoisotopic (exact) mass is 265 g/mol. The first-order valence-electron chi connectivity index (χ1n) is 4.82. The Morgan fingerprint density at radius 1 is 1.13 bits per heavy atom. The molecule has 0 saturated carbocycles. The number of halogens is 3. The molecule has 84 valence electrons. The molecule has 0 aliphatic rings. The second kappa shape index (κ2) is 6.47. The standard InChI is InChI=1S/C11H14Cl3N/c1-9-10(14)3-2-4-11(9)15(7-5-12)8-6-13/h2-4H,5-8H2,1H3. The Morgan fingerprint density at radius 2 is 1.73 bits per heavy atom. The fourth-order valence-corrected chi connectivity index (χ4v) is 2.07. The summed E-state index contributed by atoms with van der Waals surface area (Å²) in [5, 5.41) is 0.779. The van der Waals surface area contributed by atoms with Crippen LogP contribution in [0.25, 0.3) is 0 Å². The maximum absolute atomic E-state index is 6.07. The van der Waals surface area contributed by atoms with Gasteiger partial charge in [0.1, 0.15) is 0 Å². The first kappa shape index (κ1) is 13.0. The first-order valence-corrected chi connectivity index (χ1v) is 6.27. The van der Waals surface area contributed by atoms with E-state index in [2.05, 4.69) is 4.90 Å². The summed E-state index contributed by atoms with van der Waals surface area (Å²) in [7, 11) is 0. The molecule has 0 spiro atoms. The van der Waals surface area contributed by atoms with Crippen molar-refractivity contribution in [2.75, 3.05) is 29.7 Å². The molecule has 0 fully saturated rings. The molecule has 0 heterocycles. The van der Waals surface area contributed by atoms with E-state index in [0.717, 1.165) is 29.4 Å². The van der Waals surface area contributed by atoms with Crippen molar-refractivity contribution in [1.29, 1.82) is 0 Å². The van der Waals surface area contributed by atoms with Gasteiger partial charge in [0.15, 0.2) is 0 Å². The van der Waals surface area contributed by atoms with Crippen molar-refractivity contribution < 1.29 is 0 Å². The van der Waals surface area contributed by atoms with Crippen LogP contribution in [0, 0.1) is 6.92 Å². The number of hydrogen-bond donors (Lipinski definition) is 0. The van der Waals surface area contributed by atoms with Crippen LogP contribution in [0.2, 0.25) is 5.02 Å². The summed E-state index contributed by atoms with van der Waals surface area (Å²) in [4.78, 5) is 2.15. The van der Waals surface area contributed by atoms with E-state index >= 15 is 0 Å². The Bertz CT molecular complexity index is 309. The quantitative estimate of drug-likeness (QED) is 0.730. The predicted octanol–water partition coefficient (Wildman–Crippen LogP) is 3.93. The summed E-state index contributed by atoms with van der Waals surface area (Å²) < 4.78 is 0. The van der Waals surface area contributed by atoms with Gasteiger partial charge in [0.2, 0.25) is 0 Å². The smallest absolute Gasteiger partial charge is 0.0455 e. The number of hydrogen-bond acceptors (Lipinski definition) is 1. The van der Waals surface area contributed by atoms with Gasteiger partial charge in [0.25, 0.3) is 0 Å². The van der Waals surface area contributed by atoms with Crippen LogP contribution in [-0.4, -0.2) is 24.8 Å². The molecule has 0 aromatic heterocycles. The fraction of sp³-hybridized carbons (Fsp3) is 0.455. The van der Waals surface area contributed by atoms with Crippen LogP contribution >= 0.6 is 34.8 Å². The summed E-state index contributed by atoms with van der Waals surface area (Å²) in [6, 6.07) is 5.88. The summed E-state index contributed by atoms with van der Waals surface area (Å²) in [5.74, 6) is 1.17. The summed E-state index contributed by atoms with van der Waals surface area (Å²) in [6.07, 6.45) is 0. The van der Waals surface area contributed by atoms with Crippen molar-refractivity contribution in [2.45, 2.75) is 6.92 Å². The molecule has 0 aliphatic heterocycles. The molecule has 0 N–H and O–H groups in total. The highest BCUT2D eigenvalue weighted by molar-refractivity contribution is 6.31. The summed E-state index contributed by atoms with van der Waals surface area (Å²) >= 11 is 17.6. The molecular weight excluding hydrogens is 252 g/mol. The molecule has 0 amide bonds. The van der Waals surface area contributed by atoms with E-state index in [-0.39, 0.29) is 0 Å². The van der Waals surface area contributed by atoms with E-state index in [0.29, 0.717) is 11.8 Å². The number of benzene rings is 1. The lowest BCUT2D eigenvalue weighted by Gasteiger charge is -2.25. The van der Waals surface area contributed by atoms with Crippen LogP contribution in [0.1, 0.15) is 5.56 Å². The Balaban J connectivity index is 2.94. The number of nitrogens with zero attached hydrogens (tertiary/aromatic N) is 1. The second-order valence-electron chi connectivity index (χ2n) is 3.25. The third kappa shape index (κ3) is 3.44. The highest BCUT2D eigenvalue weighted by Crippen LogP contribution is 2.26. The molecule has 0 bridgehead atoms. The lowest BCUT2D eigenvalue weighted by atomic mass is 10.2. The van der Waals surface area contributed by atoms with Gasteiger partial charge in [-0.15, -0.1) is 23.2 Å². The minimum Gasteiger partial charge on any atom is -0.369 e. The predicted molar refractivity (Wildman–Crippen MR) is 69.8 cm³/mol. The lowest BCUT2D eigenvalue weighted by molar-refractivity contribution is 0.869. The van der Waals surface area contributed by atoms with E-state index in [9.17, 15) is 0 Å². The molecule has 1 rings (SSSR count). The highest BCUT2D eigenvalue weighted by atomic mass is 35.5. The van der Waals surface area contributed by atoms with Gasteiger partial charge in [-0.1, -0.05) is 17.7 Å². The third-order valence-corrected chi connectivity index (χ3v) is 3.04. The van der Waals surface area contributed by atoms with Gasteiger partial charge >= 0.3 is 0 Å². The van der Waals surface area contributed by atoms with Crippen LogP contribution in [0.4, 0.5) is 5.69 Å². The van der Waals surface area contributed by atoms with Crippen LogP contribution < -0.4 is 4.90 Å². The largest absolute Gasteiger partial charge is 0.369 e. The molecule has 1 aromatic carbocycles. The van der Waals surface area contributed by atoms with Crippen molar-refractivity contribution in [2.24, 2.45) is 0 Å². The average Bonchev–Trinajstić information content (AvgIpc) is 2.22. The molecule has 0 saturated heterocycles. The zero-order chi connectivity index (χ0) is 11.3. The van der Waals surface area contributed by atoms with Crippen molar-refractivity contribution >= 4 is 40.5 Å². The minimum atomic E-state index is 0.586. The zero-order valence-corrected chi connectivity index (χ0v) is 10.9. The topological polar surface area (TPSA) is 3.24 Å². The van der Waals surface area contributed by atoms with Gasteiger partial charge in [-0.05, 0) is 24.6 Å². The Morgan fingerprint density at radius 3 is 2.27 bits per heavy atom. The Hall–Kier alpha value is -0.110. The van der Waals surface area contributed by atoms with Crippen molar-refractivity contribution in [3.05, 3.63) is 28.8 Å². The molecule has 0 unspecified atom stereocenters. The lowest BCUT2D eigenvalue weighted by Crippen LogP contribution is -2.28. The molecule has 15 heavy (non-hydrogen) atoms. The van der Waals surface area contributed by atoms with Gasteiger partial charge in [0, 0.05) is 35.6 Å². The van der Waals surface area contributed by atoms with Crippen molar-refractivity contribution in [1.82, 2.24) is 0 Å². The van der Waals surface area contributed by atoms with Crippen LogP contribution in [-0.2, 0) is 0 Å². The average molecular weight is 267 g/mol. The maximum Gasteiger partial charge on any atom is 0.0455 e. The van der Waals surface area contributed by atoms with Crippen LogP contribution in [0.3, 0.4) is 0 Å². The van der Waals surface area contributed by atoms with Gasteiger partial charge in [0.05, 0.1) is 0 Å². The summed E-state index contributed by atoms with van der Waals surface area (Å²) in [6.45, 7) is 3.58. The first-order chi connectivity index (χ1) is 7.20. The molecule has 0 aliphatic carbocycles. The Kier molecular flexibility index (Phi) is 5.59. The summed E-state index contributed by atoms with van der Waals surface area (Å²) in [5.41, 5.74) is 2.19. The van der Waals surface area contributed by atoms with Gasteiger partial charge < -0.3 is 4.90 Å². The molecule has 0 radical (unpaired) electrons.